The van der Waals surface area contributed by atoms with E-state index < -0.39 is 24.2 Å². The van der Waals surface area contributed by atoms with Gasteiger partial charge in [0.1, 0.15) is 35.5 Å². The number of methoxy groups -OCH3 is 2. The number of nitrogens with zero attached hydrogens (tertiary/aromatic N) is 4. The molecule has 52 heavy (non-hydrogen) atoms. The third kappa shape index (κ3) is 7.08. The number of rotatable bonds is 8. The third-order valence-electron chi connectivity index (χ3n) is 8.96. The van der Waals surface area contributed by atoms with Crippen LogP contribution in [0.4, 0.5) is 31.8 Å². The van der Waals surface area contributed by atoms with Crippen LogP contribution in [0.3, 0.4) is 0 Å². The van der Waals surface area contributed by atoms with Gasteiger partial charge in [-0.2, -0.15) is 0 Å². The summed E-state index contributed by atoms with van der Waals surface area (Å²) in [5.41, 5.74) is 16.8. The van der Waals surface area contributed by atoms with Gasteiger partial charge in [0.25, 0.3) is 0 Å². The zero-order chi connectivity index (χ0) is 36.5. The molecule has 12 nitrogen and oxygen atoms in total. The highest BCUT2D eigenvalue weighted by molar-refractivity contribution is 6.02. The number of carbonyl (C=O) groups excluding carboxylic acids is 2. The van der Waals surface area contributed by atoms with Crippen molar-refractivity contribution in [2.75, 3.05) is 36.3 Å². The van der Waals surface area contributed by atoms with Gasteiger partial charge in [-0.25, -0.2) is 18.7 Å². The second-order valence-corrected chi connectivity index (χ2v) is 12.6. The van der Waals surface area contributed by atoms with Crippen LogP contribution >= 0.6 is 0 Å². The molecular weight excluding hydrogens is 670 g/mol. The first-order chi connectivity index (χ1) is 25.1. The number of fused-ring (bicyclic) bond motifs is 2. The fourth-order valence-electron chi connectivity index (χ4n) is 5.88. The van der Waals surface area contributed by atoms with E-state index in [-0.39, 0.29) is 24.7 Å². The Hall–Kier alpha value is -6.44. The van der Waals surface area contributed by atoms with Crippen molar-refractivity contribution >= 4 is 56.4 Å². The van der Waals surface area contributed by atoms with Gasteiger partial charge in [-0.05, 0) is 83.3 Å². The summed E-state index contributed by atoms with van der Waals surface area (Å²) in [5, 5.41) is 8.47. The number of halogens is 2. The third-order valence-corrected chi connectivity index (χ3v) is 8.96. The van der Waals surface area contributed by atoms with E-state index in [0.29, 0.717) is 34.5 Å². The minimum Gasteiger partial charge on any atom is -0.496 e. The van der Waals surface area contributed by atoms with E-state index in [9.17, 15) is 18.4 Å². The highest BCUT2D eigenvalue weighted by Crippen LogP contribution is 2.38. The summed E-state index contributed by atoms with van der Waals surface area (Å²) < 4.78 is 36.8. The Morgan fingerprint density at radius 3 is 1.44 bits per heavy atom. The molecule has 0 bridgehead atoms. The molecule has 8 rings (SSSR count). The number of amides is 2. The zero-order valence-electron chi connectivity index (χ0n) is 28.1. The van der Waals surface area contributed by atoms with E-state index in [1.807, 2.05) is 24.3 Å². The van der Waals surface area contributed by atoms with Gasteiger partial charge in [0.2, 0.25) is 11.8 Å². The molecule has 0 unspecified atom stereocenters. The second-order valence-electron chi connectivity index (χ2n) is 12.6. The summed E-state index contributed by atoms with van der Waals surface area (Å²) >= 11 is 0. The number of ether oxygens (including phenoxy) is 2. The Balaban J connectivity index is 0.000000162. The van der Waals surface area contributed by atoms with Crippen molar-refractivity contribution in [1.29, 1.82) is 0 Å². The Bertz CT molecular complexity index is 2180. The van der Waals surface area contributed by atoms with Gasteiger partial charge >= 0.3 is 0 Å². The highest BCUT2D eigenvalue weighted by Gasteiger charge is 2.44. The van der Waals surface area contributed by atoms with E-state index >= 15 is 0 Å². The maximum absolute atomic E-state index is 13.0. The van der Waals surface area contributed by atoms with Gasteiger partial charge in [-0.3, -0.25) is 19.6 Å². The van der Waals surface area contributed by atoms with Crippen molar-refractivity contribution in [2.45, 2.75) is 25.2 Å². The molecule has 6 N–H and O–H groups in total. The van der Waals surface area contributed by atoms with Crippen LogP contribution in [-0.4, -0.2) is 58.3 Å². The Morgan fingerprint density at radius 2 is 1.08 bits per heavy atom. The standard InChI is InChI=1S/2C19H17FN4O2/c2*1-26-17-2-3-22-8-14(17)10-4-11-6-18(23-9-13(11)16(21)5-10)24-19(25)12-7-15(12)20/h2*2-6,8-9,12,15H,7,21H2,1H3,(H,23,24,25)/t2*12-,15-/m10/s1. The van der Waals surface area contributed by atoms with E-state index in [1.54, 1.807) is 75.7 Å². The van der Waals surface area contributed by atoms with E-state index in [1.165, 1.54) is 0 Å². The Labute approximate surface area is 296 Å². The summed E-state index contributed by atoms with van der Waals surface area (Å²) in [6.07, 6.45) is 8.38. The summed E-state index contributed by atoms with van der Waals surface area (Å²) in [4.78, 5) is 40.5. The van der Waals surface area contributed by atoms with Crippen molar-refractivity contribution in [3.05, 3.63) is 85.7 Å². The van der Waals surface area contributed by atoms with Gasteiger partial charge in [0.15, 0.2) is 0 Å². The fraction of sp³-hybridized carbons (Fsp3) is 0.211. The first-order valence-corrected chi connectivity index (χ1v) is 16.4. The van der Waals surface area contributed by atoms with E-state index in [4.69, 9.17) is 20.9 Å². The number of nitrogen functional groups attached to an aromatic ring is 2. The minimum atomic E-state index is -1.05. The number of hydrogen-bond donors (Lipinski definition) is 4. The van der Waals surface area contributed by atoms with Crippen molar-refractivity contribution < 1.29 is 27.8 Å². The van der Waals surface area contributed by atoms with Crippen LogP contribution in [0.1, 0.15) is 12.8 Å². The molecular formula is C38H34F2N8O4. The Morgan fingerprint density at radius 1 is 0.673 bits per heavy atom. The van der Waals surface area contributed by atoms with Crippen LogP contribution in [-0.2, 0) is 9.59 Å². The number of nitrogens with one attached hydrogen (secondary N) is 2. The van der Waals surface area contributed by atoms with Crippen LogP contribution in [0.2, 0.25) is 0 Å². The molecule has 2 fully saturated rings. The van der Waals surface area contributed by atoms with E-state index in [0.717, 1.165) is 43.8 Å². The van der Waals surface area contributed by atoms with Crippen LogP contribution in [0.25, 0.3) is 43.8 Å². The van der Waals surface area contributed by atoms with E-state index in [2.05, 4.69) is 30.6 Å². The van der Waals surface area contributed by atoms with Gasteiger partial charge in [0.05, 0.1) is 26.1 Å². The average molecular weight is 705 g/mol. The largest absolute Gasteiger partial charge is 0.496 e. The molecule has 2 amide bonds. The minimum absolute atomic E-state index is 0.275. The van der Waals surface area contributed by atoms with Crippen LogP contribution in [0.5, 0.6) is 11.5 Å². The molecule has 4 aromatic heterocycles. The summed E-state index contributed by atoms with van der Waals surface area (Å²) in [5.74, 6) is 0.289. The van der Waals surface area contributed by atoms with Gasteiger partial charge < -0.3 is 31.6 Å². The molecule has 0 spiro atoms. The first kappa shape index (κ1) is 34.0. The van der Waals surface area contributed by atoms with Crippen molar-refractivity contribution in [3.63, 3.8) is 0 Å². The van der Waals surface area contributed by atoms with Crippen LogP contribution in [0, 0.1) is 11.8 Å². The lowest BCUT2D eigenvalue weighted by Gasteiger charge is -2.11. The number of nitrogens with two attached hydrogens (primary N) is 2. The molecule has 6 aromatic rings. The number of pyridine rings is 4. The second kappa shape index (κ2) is 14.1. The van der Waals surface area contributed by atoms with Crippen molar-refractivity contribution in [2.24, 2.45) is 11.8 Å². The number of anilines is 4. The predicted molar refractivity (Wildman–Crippen MR) is 195 cm³/mol. The topological polar surface area (TPSA) is 180 Å². The molecule has 2 aliphatic rings. The molecule has 4 heterocycles. The smallest absolute Gasteiger partial charge is 0.231 e. The molecule has 2 aromatic carbocycles. The normalized spacial score (nSPS) is 18.5. The predicted octanol–water partition coefficient (Wildman–Crippen LogP) is 6.37. The van der Waals surface area contributed by atoms with Gasteiger partial charge in [-0.15, -0.1) is 0 Å². The Kier molecular flexibility index (Phi) is 9.20. The van der Waals surface area contributed by atoms with Gasteiger partial charge in [-0.1, -0.05) is 0 Å². The molecule has 264 valence electrons. The first-order valence-electron chi connectivity index (χ1n) is 16.4. The number of benzene rings is 2. The van der Waals surface area contributed by atoms with Crippen LogP contribution in [0.15, 0.2) is 85.7 Å². The molecule has 0 aliphatic heterocycles. The molecule has 2 saturated carbocycles. The number of carbonyl (C=O) groups is 2. The maximum atomic E-state index is 13.0. The lowest BCUT2D eigenvalue weighted by atomic mass is 10.0. The number of aromatic nitrogens is 4. The molecule has 0 saturated heterocycles. The SMILES string of the molecule is COc1ccncc1-c1cc(N)c2cnc(NC(=O)[C@@H]3C[C@H]3F)cc2c1.COc1ccncc1-c1cc(N)c2cnc(NC(=O)[C@H]3C[C@@H]3F)cc2c1. The lowest BCUT2D eigenvalue weighted by Crippen LogP contribution is -2.15. The molecule has 2 aliphatic carbocycles. The maximum Gasteiger partial charge on any atom is 0.231 e. The summed E-state index contributed by atoms with van der Waals surface area (Å²) in [6.45, 7) is 0. The van der Waals surface area contributed by atoms with Crippen LogP contribution < -0.4 is 31.6 Å². The van der Waals surface area contributed by atoms with Crippen molar-refractivity contribution in [1.82, 2.24) is 19.9 Å². The number of alkyl halides is 2. The van der Waals surface area contributed by atoms with Crippen molar-refractivity contribution in [3.8, 4) is 33.8 Å². The molecule has 14 heteroatoms. The molecule has 0 radical (unpaired) electrons. The zero-order valence-corrected chi connectivity index (χ0v) is 28.1. The summed E-state index contributed by atoms with van der Waals surface area (Å²) in [7, 11) is 3.19. The lowest BCUT2D eigenvalue weighted by molar-refractivity contribution is -0.118. The summed E-state index contributed by atoms with van der Waals surface area (Å²) in [6, 6.07) is 14.5. The fourth-order valence-corrected chi connectivity index (χ4v) is 5.88. The number of hydrogen-bond acceptors (Lipinski definition) is 10. The van der Waals surface area contributed by atoms with Gasteiger partial charge in [0, 0.05) is 70.5 Å². The monoisotopic (exact) mass is 704 g/mol. The molecule has 4 atom stereocenters. The quantitative estimate of drug-likeness (QED) is 0.130. The highest BCUT2D eigenvalue weighted by atomic mass is 19.1. The average Bonchev–Trinajstić information content (AvgIpc) is 4.08.